The van der Waals surface area contributed by atoms with Crippen LogP contribution in [0.5, 0.6) is 0 Å². The summed E-state index contributed by atoms with van der Waals surface area (Å²) in [7, 11) is 0. The van der Waals surface area contributed by atoms with Crippen LogP contribution < -0.4 is 10.9 Å². The van der Waals surface area contributed by atoms with Crippen LogP contribution in [0, 0.1) is 0 Å². The van der Waals surface area contributed by atoms with Gasteiger partial charge in [0.05, 0.1) is 12.1 Å². The summed E-state index contributed by atoms with van der Waals surface area (Å²) in [6.07, 6.45) is 5.39. The lowest BCUT2D eigenvalue weighted by atomic mass is 10.1. The Morgan fingerprint density at radius 2 is 2.47 bits per heavy atom. The number of anilines is 1. The van der Waals surface area contributed by atoms with Crippen LogP contribution in [-0.4, -0.2) is 28.3 Å². The summed E-state index contributed by atoms with van der Waals surface area (Å²) >= 11 is 0. The molecule has 17 heavy (non-hydrogen) atoms. The number of nitrogens with one attached hydrogen (secondary N) is 1. The largest absolute Gasteiger partial charge is 0.376 e. The molecule has 0 amide bonds. The number of aromatic nitrogens is 2. The fourth-order valence-electron chi connectivity index (χ4n) is 2.06. The lowest BCUT2D eigenvalue weighted by Gasteiger charge is -2.16. The van der Waals surface area contributed by atoms with E-state index in [4.69, 9.17) is 4.74 Å². The van der Waals surface area contributed by atoms with Crippen molar-refractivity contribution in [2.75, 3.05) is 11.9 Å². The monoisotopic (exact) mass is 237 g/mol. The van der Waals surface area contributed by atoms with Crippen molar-refractivity contribution in [3.63, 3.8) is 0 Å². The van der Waals surface area contributed by atoms with Crippen LogP contribution in [0.1, 0.15) is 26.7 Å². The maximum Gasteiger partial charge on any atom is 0.293 e. The molecule has 1 N–H and O–H groups in total. The van der Waals surface area contributed by atoms with Gasteiger partial charge >= 0.3 is 0 Å². The first kappa shape index (κ1) is 12.1. The van der Waals surface area contributed by atoms with Crippen molar-refractivity contribution in [2.24, 2.45) is 0 Å². The van der Waals surface area contributed by atoms with Gasteiger partial charge in [0, 0.05) is 25.5 Å². The topological polar surface area (TPSA) is 56.1 Å². The smallest absolute Gasteiger partial charge is 0.293 e. The van der Waals surface area contributed by atoms with Crippen molar-refractivity contribution < 1.29 is 4.74 Å². The van der Waals surface area contributed by atoms with Crippen LogP contribution in [0.2, 0.25) is 0 Å². The Morgan fingerprint density at radius 1 is 1.65 bits per heavy atom. The normalized spacial score (nSPS) is 23.9. The highest BCUT2D eigenvalue weighted by Crippen LogP contribution is 2.15. The van der Waals surface area contributed by atoms with Crippen LogP contribution in [0.3, 0.4) is 0 Å². The number of hydrogen-bond donors (Lipinski definition) is 1. The maximum atomic E-state index is 12.1. The molecule has 0 aromatic carbocycles. The van der Waals surface area contributed by atoms with Crippen molar-refractivity contribution >= 4 is 5.82 Å². The summed E-state index contributed by atoms with van der Waals surface area (Å²) in [6, 6.07) is 0.188. The second kappa shape index (κ2) is 5.31. The molecular weight excluding hydrogens is 218 g/mol. The summed E-state index contributed by atoms with van der Waals surface area (Å²) < 4.78 is 7.15. The predicted molar refractivity (Wildman–Crippen MR) is 66.2 cm³/mol. The zero-order valence-corrected chi connectivity index (χ0v) is 10.3. The molecule has 0 saturated carbocycles. The second-order valence-corrected chi connectivity index (χ2v) is 4.39. The first-order valence-corrected chi connectivity index (χ1v) is 6.16. The van der Waals surface area contributed by atoms with Gasteiger partial charge in [-0.25, -0.2) is 4.98 Å². The zero-order chi connectivity index (χ0) is 12.3. The van der Waals surface area contributed by atoms with Crippen molar-refractivity contribution in [1.82, 2.24) is 9.55 Å². The summed E-state index contributed by atoms with van der Waals surface area (Å²) in [6.45, 7) is 5.53. The van der Waals surface area contributed by atoms with Crippen LogP contribution in [-0.2, 0) is 11.3 Å². The van der Waals surface area contributed by atoms with E-state index < -0.39 is 0 Å². The minimum atomic E-state index is -0.0477. The van der Waals surface area contributed by atoms with Gasteiger partial charge in [0.2, 0.25) is 0 Å². The third-order valence-electron chi connectivity index (χ3n) is 3.08. The number of aryl methyl sites for hydroxylation is 1. The molecule has 1 saturated heterocycles. The molecule has 1 aromatic heterocycles. The lowest BCUT2D eigenvalue weighted by molar-refractivity contribution is 0.121. The van der Waals surface area contributed by atoms with E-state index in [1.807, 2.05) is 13.8 Å². The van der Waals surface area contributed by atoms with Crippen LogP contribution in [0.15, 0.2) is 17.2 Å². The molecule has 0 spiro atoms. The molecule has 1 aliphatic rings. The molecule has 0 bridgehead atoms. The van der Waals surface area contributed by atoms with E-state index in [2.05, 4.69) is 10.3 Å². The minimum absolute atomic E-state index is 0.0477. The summed E-state index contributed by atoms with van der Waals surface area (Å²) in [5.41, 5.74) is -0.0477. The molecule has 2 unspecified atom stereocenters. The molecule has 1 aromatic rings. The van der Waals surface area contributed by atoms with Crippen LogP contribution in [0.25, 0.3) is 0 Å². The minimum Gasteiger partial charge on any atom is -0.376 e. The molecule has 94 valence electrons. The first-order valence-electron chi connectivity index (χ1n) is 6.16. The number of hydrogen-bond acceptors (Lipinski definition) is 4. The van der Waals surface area contributed by atoms with Gasteiger partial charge < -0.3 is 14.6 Å². The summed E-state index contributed by atoms with van der Waals surface area (Å²) in [5, 5.41) is 3.19. The Morgan fingerprint density at radius 3 is 3.12 bits per heavy atom. The third-order valence-corrected chi connectivity index (χ3v) is 3.08. The molecule has 0 radical (unpaired) electrons. The highest BCUT2D eigenvalue weighted by molar-refractivity contribution is 5.33. The SMILES string of the molecule is CCCn1ccnc(NC2CCOC2C)c1=O. The standard InChI is InChI=1S/C12H19N3O2/c1-3-6-15-7-5-13-11(12(15)16)14-10-4-8-17-9(10)2/h5,7,9-10H,3-4,6,8H2,1-2H3,(H,13,14). The van der Waals surface area contributed by atoms with Gasteiger partial charge in [0.15, 0.2) is 5.82 Å². The van der Waals surface area contributed by atoms with Gasteiger partial charge in [-0.15, -0.1) is 0 Å². The fourth-order valence-corrected chi connectivity index (χ4v) is 2.06. The molecule has 0 aliphatic carbocycles. The van der Waals surface area contributed by atoms with E-state index >= 15 is 0 Å². The van der Waals surface area contributed by atoms with Crippen molar-refractivity contribution in [3.05, 3.63) is 22.7 Å². The molecule has 1 fully saturated rings. The summed E-state index contributed by atoms with van der Waals surface area (Å²) in [5.74, 6) is 0.434. The quantitative estimate of drug-likeness (QED) is 0.856. The molecule has 5 nitrogen and oxygen atoms in total. The first-order chi connectivity index (χ1) is 8.22. The average Bonchev–Trinajstić information content (AvgIpc) is 2.70. The summed E-state index contributed by atoms with van der Waals surface area (Å²) in [4.78, 5) is 16.2. The lowest BCUT2D eigenvalue weighted by Crippen LogP contribution is -2.32. The second-order valence-electron chi connectivity index (χ2n) is 4.39. The highest BCUT2D eigenvalue weighted by atomic mass is 16.5. The Kier molecular flexibility index (Phi) is 3.78. The molecule has 2 rings (SSSR count). The van der Waals surface area contributed by atoms with Gasteiger partial charge in [-0.05, 0) is 19.8 Å². The molecule has 2 atom stereocenters. The van der Waals surface area contributed by atoms with Crippen LogP contribution >= 0.6 is 0 Å². The Hall–Kier alpha value is -1.36. The molecule has 5 heteroatoms. The van der Waals surface area contributed by atoms with Crippen LogP contribution in [0.4, 0.5) is 5.82 Å². The van der Waals surface area contributed by atoms with Crippen molar-refractivity contribution in [2.45, 2.75) is 45.4 Å². The third kappa shape index (κ3) is 2.66. The Bertz CT molecular complexity index is 430. The predicted octanol–water partition coefficient (Wildman–Crippen LogP) is 1.24. The number of nitrogens with zero attached hydrogens (tertiary/aromatic N) is 2. The Labute approximate surface area is 101 Å². The fraction of sp³-hybridized carbons (Fsp3) is 0.667. The van der Waals surface area contributed by atoms with Gasteiger partial charge in [-0.3, -0.25) is 4.79 Å². The molecule has 2 heterocycles. The van der Waals surface area contributed by atoms with Gasteiger partial charge in [-0.1, -0.05) is 6.92 Å². The van der Waals surface area contributed by atoms with E-state index in [9.17, 15) is 4.79 Å². The van der Waals surface area contributed by atoms with E-state index in [1.54, 1.807) is 17.0 Å². The van der Waals surface area contributed by atoms with E-state index in [-0.39, 0.29) is 17.7 Å². The Balaban J connectivity index is 2.15. The number of ether oxygens (including phenoxy) is 1. The van der Waals surface area contributed by atoms with Crippen molar-refractivity contribution in [3.8, 4) is 0 Å². The number of rotatable bonds is 4. The molecule has 1 aliphatic heterocycles. The van der Waals surface area contributed by atoms with Gasteiger partial charge in [0.25, 0.3) is 5.56 Å². The van der Waals surface area contributed by atoms with E-state index in [0.29, 0.717) is 5.82 Å². The van der Waals surface area contributed by atoms with E-state index in [1.165, 1.54) is 0 Å². The zero-order valence-electron chi connectivity index (χ0n) is 10.3. The highest BCUT2D eigenvalue weighted by Gasteiger charge is 2.25. The van der Waals surface area contributed by atoms with Gasteiger partial charge in [0.1, 0.15) is 0 Å². The molecular formula is C12H19N3O2. The van der Waals surface area contributed by atoms with Gasteiger partial charge in [-0.2, -0.15) is 0 Å². The van der Waals surface area contributed by atoms with E-state index in [0.717, 1.165) is 26.0 Å². The average molecular weight is 237 g/mol. The maximum absolute atomic E-state index is 12.1. The van der Waals surface area contributed by atoms with Crippen molar-refractivity contribution in [1.29, 1.82) is 0 Å².